The van der Waals surface area contributed by atoms with Gasteiger partial charge in [-0.15, -0.1) is 0 Å². The second-order valence-corrected chi connectivity index (χ2v) is 14.2. The van der Waals surface area contributed by atoms with E-state index < -0.39 is 11.4 Å². The molecule has 0 unspecified atom stereocenters. The van der Waals surface area contributed by atoms with E-state index in [0.29, 0.717) is 27.8 Å². The van der Waals surface area contributed by atoms with Gasteiger partial charge in [-0.25, -0.2) is 4.79 Å². The van der Waals surface area contributed by atoms with Crippen LogP contribution >= 0.6 is 0 Å². The predicted octanol–water partition coefficient (Wildman–Crippen LogP) is 10.3. The van der Waals surface area contributed by atoms with E-state index in [1.54, 1.807) is 66.7 Å². The molecule has 5 aromatic rings. The van der Waals surface area contributed by atoms with Crippen LogP contribution in [0.1, 0.15) is 121 Å². The van der Waals surface area contributed by atoms with Crippen LogP contribution in [0.5, 0.6) is 0 Å². The van der Waals surface area contributed by atoms with E-state index >= 15 is 0 Å². The van der Waals surface area contributed by atoms with E-state index in [1.807, 2.05) is 60.7 Å². The summed E-state index contributed by atoms with van der Waals surface area (Å²) in [6.45, 7) is 7.56. The lowest BCUT2D eigenvalue weighted by molar-refractivity contribution is -0.134. The Bertz CT molecular complexity index is 2380. The molecule has 0 saturated carbocycles. The molecule has 0 amide bonds. The van der Waals surface area contributed by atoms with Gasteiger partial charge in [0.1, 0.15) is 0 Å². The van der Waals surface area contributed by atoms with Crippen molar-refractivity contribution in [1.29, 1.82) is 0 Å². The number of carbonyl (C=O) groups is 6. The van der Waals surface area contributed by atoms with E-state index in [9.17, 15) is 28.8 Å². The maximum Gasteiger partial charge on any atom is 0.330 e. The first-order valence-electron chi connectivity index (χ1n) is 18.6. The van der Waals surface area contributed by atoms with Gasteiger partial charge in [-0.2, -0.15) is 0 Å². The van der Waals surface area contributed by atoms with Crippen LogP contribution in [0.25, 0.3) is 22.3 Å². The number of hydrogen-bond donors (Lipinski definition) is 0. The molecular weight excluding hydrogens is 713 g/mol. The number of hydrogen-bond acceptors (Lipinski definition) is 7. The van der Waals surface area contributed by atoms with Crippen molar-refractivity contribution in [1.82, 2.24) is 0 Å². The highest BCUT2D eigenvalue weighted by atomic mass is 16.5. The minimum atomic E-state index is -1.11. The summed E-state index contributed by atoms with van der Waals surface area (Å²) in [4.78, 5) is 75.5. The van der Waals surface area contributed by atoms with E-state index in [1.165, 1.54) is 47.8 Å². The van der Waals surface area contributed by atoms with Gasteiger partial charge >= 0.3 is 5.97 Å². The number of benzene rings is 5. The third-order valence-corrected chi connectivity index (χ3v) is 10.6. The van der Waals surface area contributed by atoms with E-state index in [-0.39, 0.29) is 35.3 Å². The van der Waals surface area contributed by atoms with E-state index in [2.05, 4.69) is 0 Å². The summed E-state index contributed by atoms with van der Waals surface area (Å²) in [6.07, 6.45) is 3.38. The van der Waals surface area contributed by atoms with Gasteiger partial charge in [0.05, 0.1) is 12.5 Å². The zero-order valence-corrected chi connectivity index (χ0v) is 32.8. The number of allylic oxidation sites excluding steroid dienone is 5. The SMILES string of the molecule is COC(=O)/C=C/CC1(c2ccc(C(C)=O)cc2)C(c2ccc(C(C)=O)cc2)=C(c2ccc(C(C)=O)cc2)C(c2ccc(C(C)=O)cc2)=C1c1ccc(C(C)=O)cc1. The molecule has 57 heavy (non-hydrogen) atoms. The molecule has 0 atom stereocenters. The van der Waals surface area contributed by atoms with Gasteiger partial charge < -0.3 is 4.74 Å². The first-order valence-corrected chi connectivity index (χ1v) is 18.6. The fraction of sp³-hybridized carbons (Fsp3) is 0.160. The maximum atomic E-state index is 12.7. The molecule has 0 bridgehead atoms. The summed E-state index contributed by atoms with van der Waals surface area (Å²) in [6, 6.07) is 37.0. The zero-order chi connectivity index (χ0) is 41.0. The van der Waals surface area contributed by atoms with Crippen LogP contribution in [-0.2, 0) is 14.9 Å². The Morgan fingerprint density at radius 2 is 0.719 bits per heavy atom. The Balaban J connectivity index is 1.88. The van der Waals surface area contributed by atoms with Crippen LogP contribution in [0, 0.1) is 0 Å². The molecule has 0 heterocycles. The fourth-order valence-electron chi connectivity index (χ4n) is 7.65. The highest BCUT2D eigenvalue weighted by Crippen LogP contribution is 2.63. The van der Waals surface area contributed by atoms with Crippen LogP contribution in [0.3, 0.4) is 0 Å². The van der Waals surface area contributed by atoms with Crippen LogP contribution in [-0.4, -0.2) is 42.0 Å². The minimum absolute atomic E-state index is 0.0864. The standard InChI is InChI=1S/C50H42O7/c1-30(51)35-9-17-40(18-10-35)46-47(41-19-11-36(12-20-41)31(2)52)49(43-23-15-38(16-24-43)33(4)54)50(29-7-8-45(56)57-6,44-27-25-39(26-28-44)34(5)55)48(46)42-21-13-37(14-22-42)32(3)53/h7-28H,29H2,1-6H3/b8-7+. The van der Waals surface area contributed by atoms with Crippen molar-refractivity contribution < 1.29 is 33.5 Å². The minimum Gasteiger partial charge on any atom is -0.466 e. The molecule has 7 heteroatoms. The normalized spacial score (nSPS) is 13.5. The van der Waals surface area contributed by atoms with E-state index in [4.69, 9.17) is 4.74 Å². The second kappa shape index (κ2) is 16.5. The van der Waals surface area contributed by atoms with Gasteiger partial charge in [-0.05, 0) is 91.1 Å². The van der Waals surface area contributed by atoms with Gasteiger partial charge in [0.25, 0.3) is 0 Å². The third kappa shape index (κ3) is 7.82. The topological polar surface area (TPSA) is 112 Å². The first kappa shape index (κ1) is 39.8. The molecule has 0 radical (unpaired) electrons. The smallest absolute Gasteiger partial charge is 0.330 e. The number of Topliss-reactive ketones (excluding diaryl/α,β-unsaturated/α-hetero) is 5. The Morgan fingerprint density at radius 1 is 0.439 bits per heavy atom. The maximum absolute atomic E-state index is 12.7. The van der Waals surface area contributed by atoms with Crippen molar-refractivity contribution in [3.05, 3.63) is 189 Å². The van der Waals surface area contributed by atoms with Crippen molar-refractivity contribution in [2.45, 2.75) is 46.5 Å². The zero-order valence-electron chi connectivity index (χ0n) is 32.8. The van der Waals surface area contributed by atoms with Gasteiger partial charge in [-0.3, -0.25) is 24.0 Å². The largest absolute Gasteiger partial charge is 0.466 e. The molecule has 5 aromatic carbocycles. The highest BCUT2D eigenvalue weighted by molar-refractivity contribution is 6.31. The molecule has 0 saturated heterocycles. The third-order valence-electron chi connectivity index (χ3n) is 10.6. The van der Waals surface area contributed by atoms with E-state index in [0.717, 1.165) is 50.1 Å². The lowest BCUT2D eigenvalue weighted by Crippen LogP contribution is -2.28. The lowest BCUT2D eigenvalue weighted by atomic mass is 9.64. The van der Waals surface area contributed by atoms with Gasteiger partial charge in [0.2, 0.25) is 0 Å². The molecule has 6 rings (SSSR count). The number of ether oxygens (including phenoxy) is 1. The van der Waals surface area contributed by atoms with Crippen LogP contribution < -0.4 is 0 Å². The van der Waals surface area contributed by atoms with Gasteiger partial charge in [0, 0.05) is 33.9 Å². The summed E-state index contributed by atoms with van der Waals surface area (Å²) >= 11 is 0. The summed E-state index contributed by atoms with van der Waals surface area (Å²) in [5, 5.41) is 0. The molecule has 0 N–H and O–H groups in total. The molecular formula is C50H42O7. The molecule has 284 valence electrons. The molecule has 7 nitrogen and oxygen atoms in total. The van der Waals surface area contributed by atoms with Crippen LogP contribution in [0.4, 0.5) is 0 Å². The molecule has 0 spiro atoms. The molecule has 0 aromatic heterocycles. The summed E-state index contributed by atoms with van der Waals surface area (Å²) in [5.41, 5.74) is 8.73. The van der Waals surface area contributed by atoms with Gasteiger partial charge in [0.15, 0.2) is 28.9 Å². The number of rotatable bonds is 13. The van der Waals surface area contributed by atoms with Crippen molar-refractivity contribution in [3.63, 3.8) is 0 Å². The van der Waals surface area contributed by atoms with Crippen LogP contribution in [0.15, 0.2) is 133 Å². The number of esters is 1. The van der Waals surface area contributed by atoms with Crippen LogP contribution in [0.2, 0.25) is 0 Å². The van der Waals surface area contributed by atoms with Crippen molar-refractivity contribution in [2.24, 2.45) is 0 Å². The lowest BCUT2D eigenvalue weighted by Gasteiger charge is -2.37. The fourth-order valence-corrected chi connectivity index (χ4v) is 7.65. The molecule has 1 aliphatic rings. The predicted molar refractivity (Wildman–Crippen MR) is 223 cm³/mol. The Morgan fingerprint density at radius 3 is 1.00 bits per heavy atom. The average Bonchev–Trinajstić information content (AvgIpc) is 3.52. The number of methoxy groups -OCH3 is 1. The van der Waals surface area contributed by atoms with Crippen molar-refractivity contribution in [2.75, 3.05) is 7.11 Å². The monoisotopic (exact) mass is 754 g/mol. The summed E-state index contributed by atoms with van der Waals surface area (Å²) in [7, 11) is 1.31. The number of ketones is 5. The van der Waals surface area contributed by atoms with Crippen molar-refractivity contribution in [3.8, 4) is 0 Å². The molecule has 1 aliphatic carbocycles. The van der Waals surface area contributed by atoms with Gasteiger partial charge in [-0.1, -0.05) is 127 Å². The summed E-state index contributed by atoms with van der Waals surface area (Å²) in [5.74, 6) is -0.998. The quantitative estimate of drug-likeness (QED) is 0.0668. The number of carbonyl (C=O) groups excluding carboxylic acids is 6. The Hall–Kier alpha value is -6.86. The second-order valence-electron chi connectivity index (χ2n) is 14.2. The molecule has 0 fully saturated rings. The Labute approximate surface area is 332 Å². The van der Waals surface area contributed by atoms with Crippen molar-refractivity contribution >= 4 is 57.2 Å². The summed E-state index contributed by atoms with van der Waals surface area (Å²) < 4.78 is 5.03. The highest BCUT2D eigenvalue weighted by Gasteiger charge is 2.49. The Kier molecular flexibility index (Phi) is 11.5. The molecule has 0 aliphatic heterocycles. The average molecular weight is 755 g/mol. The first-order chi connectivity index (χ1) is 27.3.